The maximum atomic E-state index is 11.4. The summed E-state index contributed by atoms with van der Waals surface area (Å²) in [6.45, 7) is 0. The summed E-state index contributed by atoms with van der Waals surface area (Å²) in [6, 6.07) is 10.7. The van der Waals surface area contributed by atoms with Crippen LogP contribution in [-0.4, -0.2) is 19.8 Å². The molecule has 0 amide bonds. The van der Waals surface area contributed by atoms with Crippen molar-refractivity contribution in [2.24, 2.45) is 0 Å². The fraction of sp³-hybridized carbons (Fsp3) is 0. The maximum Gasteiger partial charge on any atom is 0.364 e. The minimum Gasteiger partial charge on any atom is -0.399 e. The highest BCUT2D eigenvalue weighted by molar-refractivity contribution is 5.59. The molecule has 7 nitrogen and oxygen atoms in total. The van der Waals surface area contributed by atoms with E-state index in [0.29, 0.717) is 17.2 Å². The van der Waals surface area contributed by atoms with Gasteiger partial charge in [0.05, 0.1) is 0 Å². The van der Waals surface area contributed by atoms with Crippen molar-refractivity contribution >= 4 is 22.8 Å². The number of nitrogens with two attached hydrogens (primary N) is 1. The molecule has 0 radical (unpaired) electrons. The molecule has 3 rings (SSSR count). The van der Waals surface area contributed by atoms with E-state index in [0.717, 1.165) is 5.69 Å². The number of benzene rings is 1. The Morgan fingerprint density at radius 3 is 2.72 bits per heavy atom. The van der Waals surface area contributed by atoms with Crippen molar-refractivity contribution < 1.29 is 0 Å². The minimum absolute atomic E-state index is 0.369. The third-order valence-electron chi connectivity index (χ3n) is 2.46. The molecule has 0 fully saturated rings. The van der Waals surface area contributed by atoms with Gasteiger partial charge < -0.3 is 11.1 Å². The Morgan fingerprint density at radius 2 is 1.94 bits per heavy atom. The van der Waals surface area contributed by atoms with Gasteiger partial charge in [0.2, 0.25) is 0 Å². The second-order valence-corrected chi connectivity index (χ2v) is 3.76. The first-order valence-corrected chi connectivity index (χ1v) is 5.29. The maximum absolute atomic E-state index is 11.4. The Hall–Kier alpha value is -2.83. The van der Waals surface area contributed by atoms with E-state index in [-0.39, 0.29) is 5.69 Å². The van der Waals surface area contributed by atoms with Crippen molar-refractivity contribution in [3.05, 3.63) is 46.9 Å². The summed E-state index contributed by atoms with van der Waals surface area (Å²) >= 11 is 0. The van der Waals surface area contributed by atoms with Gasteiger partial charge in [-0.15, -0.1) is 5.10 Å². The van der Waals surface area contributed by atoms with Gasteiger partial charge in [-0.3, -0.25) is 0 Å². The zero-order chi connectivity index (χ0) is 12.5. The summed E-state index contributed by atoms with van der Waals surface area (Å²) in [7, 11) is 0. The average Bonchev–Trinajstić information content (AvgIpc) is 2.74. The highest BCUT2D eigenvalue weighted by atomic mass is 16.2. The molecule has 0 aliphatic rings. The number of fused-ring (bicyclic) bond motifs is 1. The van der Waals surface area contributed by atoms with Crippen LogP contribution < -0.4 is 16.7 Å². The van der Waals surface area contributed by atoms with Crippen LogP contribution in [0.2, 0.25) is 0 Å². The van der Waals surface area contributed by atoms with Gasteiger partial charge in [0.25, 0.3) is 0 Å². The number of anilines is 3. The summed E-state index contributed by atoms with van der Waals surface area (Å²) < 4.78 is 1.19. The Kier molecular flexibility index (Phi) is 2.23. The predicted molar refractivity (Wildman–Crippen MR) is 67.7 cm³/mol. The first-order valence-electron chi connectivity index (χ1n) is 5.29. The molecular formula is C11H10N6O. The van der Waals surface area contributed by atoms with E-state index in [1.807, 2.05) is 12.1 Å². The molecule has 7 heteroatoms. The van der Waals surface area contributed by atoms with Gasteiger partial charge in [-0.05, 0) is 36.4 Å². The molecular weight excluding hydrogens is 232 g/mol. The first-order chi connectivity index (χ1) is 8.72. The third kappa shape index (κ3) is 1.77. The molecule has 0 spiro atoms. The number of hydrogen-bond acceptors (Lipinski definition) is 5. The monoisotopic (exact) mass is 242 g/mol. The zero-order valence-corrected chi connectivity index (χ0v) is 9.29. The SMILES string of the molecule is Nc1ccc(Nc2ccc3n[nH]c(=O)n3n2)cc1. The van der Waals surface area contributed by atoms with Crippen molar-refractivity contribution in [2.75, 3.05) is 11.1 Å². The number of aromatic nitrogens is 4. The number of aromatic amines is 1. The molecule has 0 saturated heterocycles. The Labute approximate surface area is 101 Å². The van der Waals surface area contributed by atoms with Crippen LogP contribution in [0, 0.1) is 0 Å². The molecule has 3 aromatic rings. The van der Waals surface area contributed by atoms with E-state index in [2.05, 4.69) is 20.6 Å². The average molecular weight is 242 g/mol. The predicted octanol–water partition coefficient (Wildman–Crippen LogP) is 0.743. The molecule has 0 aliphatic heterocycles. The van der Waals surface area contributed by atoms with Crippen LogP contribution >= 0.6 is 0 Å². The largest absolute Gasteiger partial charge is 0.399 e. The topological polar surface area (TPSA) is 101 Å². The normalized spacial score (nSPS) is 10.7. The van der Waals surface area contributed by atoms with Gasteiger partial charge in [-0.2, -0.15) is 9.61 Å². The van der Waals surface area contributed by atoms with Crippen LogP contribution in [0.3, 0.4) is 0 Å². The quantitative estimate of drug-likeness (QED) is 0.575. The number of nitrogens with one attached hydrogen (secondary N) is 2. The highest BCUT2D eigenvalue weighted by Gasteiger charge is 2.02. The Morgan fingerprint density at radius 1 is 1.17 bits per heavy atom. The van der Waals surface area contributed by atoms with E-state index in [1.54, 1.807) is 24.3 Å². The summed E-state index contributed by atoms with van der Waals surface area (Å²) in [6.07, 6.45) is 0. The molecule has 90 valence electrons. The number of hydrogen-bond donors (Lipinski definition) is 3. The van der Waals surface area contributed by atoms with Gasteiger partial charge in [-0.25, -0.2) is 9.89 Å². The summed E-state index contributed by atoms with van der Waals surface area (Å²) in [5.41, 5.74) is 7.23. The fourth-order valence-electron chi connectivity index (χ4n) is 1.58. The lowest BCUT2D eigenvalue weighted by molar-refractivity contribution is 0.885. The first kappa shape index (κ1) is 10.3. The molecule has 2 heterocycles. The molecule has 0 unspecified atom stereocenters. The van der Waals surface area contributed by atoms with E-state index in [4.69, 9.17) is 5.73 Å². The van der Waals surface area contributed by atoms with Gasteiger partial charge >= 0.3 is 5.69 Å². The number of H-pyrrole nitrogens is 1. The highest BCUT2D eigenvalue weighted by Crippen LogP contribution is 2.15. The van der Waals surface area contributed by atoms with Gasteiger partial charge in [0.15, 0.2) is 11.5 Å². The van der Waals surface area contributed by atoms with Crippen molar-refractivity contribution in [3.63, 3.8) is 0 Å². The van der Waals surface area contributed by atoms with E-state index in [1.165, 1.54) is 4.52 Å². The minimum atomic E-state index is -0.369. The van der Waals surface area contributed by atoms with Gasteiger partial charge in [-0.1, -0.05) is 0 Å². The van der Waals surface area contributed by atoms with Crippen LogP contribution in [0.5, 0.6) is 0 Å². The van der Waals surface area contributed by atoms with Crippen LogP contribution in [0.1, 0.15) is 0 Å². The molecule has 18 heavy (non-hydrogen) atoms. The lowest BCUT2D eigenvalue weighted by Crippen LogP contribution is -2.13. The summed E-state index contributed by atoms with van der Waals surface area (Å²) in [4.78, 5) is 11.4. The van der Waals surface area contributed by atoms with E-state index < -0.39 is 0 Å². The second kappa shape index (κ2) is 3.88. The Bertz CT molecular complexity index is 742. The van der Waals surface area contributed by atoms with Crippen LogP contribution in [-0.2, 0) is 0 Å². The molecule has 0 atom stereocenters. The number of nitrogens with zero attached hydrogens (tertiary/aromatic N) is 3. The van der Waals surface area contributed by atoms with Crippen LogP contribution in [0.4, 0.5) is 17.2 Å². The molecule has 1 aromatic carbocycles. The van der Waals surface area contributed by atoms with Crippen molar-refractivity contribution in [1.82, 2.24) is 19.8 Å². The molecule has 0 bridgehead atoms. The fourth-order valence-corrected chi connectivity index (χ4v) is 1.58. The van der Waals surface area contributed by atoms with Crippen LogP contribution in [0.15, 0.2) is 41.2 Å². The second-order valence-electron chi connectivity index (χ2n) is 3.76. The van der Waals surface area contributed by atoms with E-state index >= 15 is 0 Å². The number of nitrogen functional groups attached to an aromatic ring is 1. The van der Waals surface area contributed by atoms with Gasteiger partial charge in [0, 0.05) is 11.4 Å². The third-order valence-corrected chi connectivity index (χ3v) is 2.46. The zero-order valence-electron chi connectivity index (χ0n) is 9.29. The Balaban J connectivity index is 1.97. The molecule has 0 aliphatic carbocycles. The van der Waals surface area contributed by atoms with Crippen molar-refractivity contribution in [2.45, 2.75) is 0 Å². The van der Waals surface area contributed by atoms with Crippen molar-refractivity contribution in [3.8, 4) is 0 Å². The van der Waals surface area contributed by atoms with Crippen LogP contribution in [0.25, 0.3) is 5.65 Å². The smallest absolute Gasteiger partial charge is 0.364 e. The van der Waals surface area contributed by atoms with Gasteiger partial charge in [0.1, 0.15) is 0 Å². The molecule has 0 saturated carbocycles. The molecule has 4 N–H and O–H groups in total. The summed E-state index contributed by atoms with van der Waals surface area (Å²) in [5, 5.41) is 13.3. The van der Waals surface area contributed by atoms with E-state index in [9.17, 15) is 4.79 Å². The lowest BCUT2D eigenvalue weighted by atomic mass is 10.3. The standard InChI is InChI=1S/C11H10N6O/c12-7-1-3-8(4-2-7)13-9-5-6-10-14-15-11(18)17(10)16-9/h1-6H,12H2,(H,13,16)(H,15,18). The molecule has 2 aromatic heterocycles. The lowest BCUT2D eigenvalue weighted by Gasteiger charge is -2.05. The van der Waals surface area contributed by atoms with Crippen molar-refractivity contribution in [1.29, 1.82) is 0 Å². The number of rotatable bonds is 2. The summed E-state index contributed by atoms with van der Waals surface area (Å²) in [5.74, 6) is 0.552.